The molecule has 0 spiro atoms. The van der Waals surface area contributed by atoms with Gasteiger partial charge >= 0.3 is 0 Å². The van der Waals surface area contributed by atoms with E-state index >= 15 is 0 Å². The molecule has 0 radical (unpaired) electrons. The minimum Gasteiger partial charge on any atom is -0.260 e. The lowest BCUT2D eigenvalue weighted by Gasteiger charge is -2.08. The minimum atomic E-state index is 0.832. The van der Waals surface area contributed by atoms with Crippen LogP contribution < -0.4 is 4.72 Å². The molecule has 0 heterocycles. The van der Waals surface area contributed by atoms with E-state index in [-0.39, 0.29) is 0 Å². The van der Waals surface area contributed by atoms with Crippen LogP contribution >= 0.6 is 11.9 Å². The molecular formula is C12H19NS. The number of nitrogens with one attached hydrogen (secondary N) is 1. The van der Waals surface area contributed by atoms with Crippen molar-refractivity contribution < 1.29 is 0 Å². The lowest BCUT2D eigenvalue weighted by molar-refractivity contribution is 0.517. The Kier molecular flexibility index (Phi) is 5.72. The van der Waals surface area contributed by atoms with Gasteiger partial charge in [-0.1, -0.05) is 38.5 Å². The highest BCUT2D eigenvalue weighted by atomic mass is 32.2. The summed E-state index contributed by atoms with van der Waals surface area (Å²) in [7, 11) is 0. The molecule has 0 bridgehead atoms. The fourth-order valence-corrected chi connectivity index (χ4v) is 1.81. The van der Waals surface area contributed by atoms with E-state index in [0.717, 1.165) is 12.5 Å². The van der Waals surface area contributed by atoms with Crippen molar-refractivity contribution in [2.24, 2.45) is 5.92 Å². The Morgan fingerprint density at radius 2 is 2.00 bits per heavy atom. The maximum atomic E-state index is 3.38. The lowest BCUT2D eigenvalue weighted by Crippen LogP contribution is -2.09. The summed E-state index contributed by atoms with van der Waals surface area (Å²) in [6, 6.07) is 10.4. The van der Waals surface area contributed by atoms with E-state index in [4.69, 9.17) is 0 Å². The van der Waals surface area contributed by atoms with Crippen LogP contribution in [0.4, 0.5) is 0 Å². The zero-order chi connectivity index (χ0) is 10.2. The largest absolute Gasteiger partial charge is 0.260 e. The quantitative estimate of drug-likeness (QED) is 0.566. The summed E-state index contributed by atoms with van der Waals surface area (Å²) < 4.78 is 3.38. The molecule has 1 N–H and O–H groups in total. The first-order chi connectivity index (χ1) is 6.83. The van der Waals surface area contributed by atoms with Gasteiger partial charge in [0.2, 0.25) is 0 Å². The summed E-state index contributed by atoms with van der Waals surface area (Å²) in [5.74, 6) is 0.832. The number of hydrogen-bond acceptors (Lipinski definition) is 2. The van der Waals surface area contributed by atoms with Gasteiger partial charge in [0, 0.05) is 11.4 Å². The van der Waals surface area contributed by atoms with Crippen molar-refractivity contribution in [3.8, 4) is 0 Å². The first kappa shape index (κ1) is 11.6. The highest BCUT2D eigenvalue weighted by Crippen LogP contribution is 2.13. The molecule has 0 fully saturated rings. The predicted octanol–water partition coefficient (Wildman–Crippen LogP) is 3.72. The van der Waals surface area contributed by atoms with Gasteiger partial charge in [-0.15, -0.1) is 0 Å². The van der Waals surface area contributed by atoms with Crippen LogP contribution in [-0.4, -0.2) is 6.54 Å². The maximum absolute atomic E-state index is 3.38. The molecule has 0 aliphatic rings. The molecule has 1 aromatic carbocycles. The van der Waals surface area contributed by atoms with Gasteiger partial charge in [-0.2, -0.15) is 0 Å². The van der Waals surface area contributed by atoms with Crippen molar-refractivity contribution in [3.05, 3.63) is 30.3 Å². The van der Waals surface area contributed by atoms with E-state index in [9.17, 15) is 0 Å². The second kappa shape index (κ2) is 6.91. The smallest absolute Gasteiger partial charge is 0.0228 e. The Labute approximate surface area is 91.4 Å². The molecule has 1 atom stereocenters. The van der Waals surface area contributed by atoms with Crippen LogP contribution in [0, 0.1) is 5.92 Å². The van der Waals surface area contributed by atoms with Crippen molar-refractivity contribution in [1.82, 2.24) is 4.72 Å². The summed E-state index contributed by atoms with van der Waals surface area (Å²) >= 11 is 1.72. The Hall–Kier alpha value is -0.470. The van der Waals surface area contributed by atoms with Gasteiger partial charge in [-0.05, 0) is 36.4 Å². The average Bonchev–Trinajstić information content (AvgIpc) is 2.25. The van der Waals surface area contributed by atoms with E-state index in [1.54, 1.807) is 11.9 Å². The third kappa shape index (κ3) is 4.68. The van der Waals surface area contributed by atoms with Crippen molar-refractivity contribution in [2.45, 2.75) is 31.6 Å². The van der Waals surface area contributed by atoms with Gasteiger partial charge in [0.05, 0.1) is 0 Å². The Balaban J connectivity index is 2.10. The van der Waals surface area contributed by atoms with Crippen LogP contribution in [0.3, 0.4) is 0 Å². The predicted molar refractivity (Wildman–Crippen MR) is 64.4 cm³/mol. The molecule has 1 aromatic rings. The SMILES string of the molecule is CCC(C)CCNSc1ccccc1. The van der Waals surface area contributed by atoms with Crippen molar-refractivity contribution >= 4 is 11.9 Å². The van der Waals surface area contributed by atoms with Gasteiger partial charge in [-0.3, -0.25) is 4.72 Å². The number of benzene rings is 1. The van der Waals surface area contributed by atoms with Gasteiger partial charge in [0.1, 0.15) is 0 Å². The lowest BCUT2D eigenvalue weighted by atomic mass is 10.1. The fourth-order valence-electron chi connectivity index (χ4n) is 1.13. The van der Waals surface area contributed by atoms with Gasteiger partial charge in [0.15, 0.2) is 0 Å². The van der Waals surface area contributed by atoms with Crippen LogP contribution in [0.15, 0.2) is 35.2 Å². The van der Waals surface area contributed by atoms with Gasteiger partial charge < -0.3 is 0 Å². The molecule has 0 aromatic heterocycles. The molecule has 2 heteroatoms. The van der Waals surface area contributed by atoms with E-state index in [2.05, 4.69) is 42.8 Å². The maximum Gasteiger partial charge on any atom is 0.0228 e. The number of rotatable bonds is 6. The molecular weight excluding hydrogens is 190 g/mol. The third-order valence-corrected chi connectivity index (χ3v) is 3.23. The molecule has 1 rings (SSSR count). The number of hydrogen-bond donors (Lipinski definition) is 1. The monoisotopic (exact) mass is 209 g/mol. The summed E-state index contributed by atoms with van der Waals surface area (Å²) in [4.78, 5) is 1.29. The second-order valence-corrected chi connectivity index (χ2v) is 4.58. The Morgan fingerprint density at radius 3 is 2.64 bits per heavy atom. The van der Waals surface area contributed by atoms with E-state index in [1.165, 1.54) is 17.7 Å². The minimum absolute atomic E-state index is 0.832. The summed E-state index contributed by atoms with van der Waals surface area (Å²) in [5, 5.41) is 0. The van der Waals surface area contributed by atoms with Gasteiger partial charge in [0.25, 0.3) is 0 Å². The van der Waals surface area contributed by atoms with Crippen molar-refractivity contribution in [3.63, 3.8) is 0 Å². The van der Waals surface area contributed by atoms with Crippen molar-refractivity contribution in [1.29, 1.82) is 0 Å². The topological polar surface area (TPSA) is 12.0 Å². The van der Waals surface area contributed by atoms with Crippen LogP contribution in [0.5, 0.6) is 0 Å². The first-order valence-corrected chi connectivity index (χ1v) is 6.09. The second-order valence-electron chi connectivity index (χ2n) is 3.61. The average molecular weight is 209 g/mol. The molecule has 1 nitrogen and oxygen atoms in total. The van der Waals surface area contributed by atoms with Crippen LogP contribution in [0.25, 0.3) is 0 Å². The standard InChI is InChI=1S/C12H19NS/c1-3-11(2)9-10-13-14-12-7-5-4-6-8-12/h4-8,11,13H,3,9-10H2,1-2H3. The highest BCUT2D eigenvalue weighted by Gasteiger charge is 1.97. The zero-order valence-electron chi connectivity index (χ0n) is 8.99. The van der Waals surface area contributed by atoms with Crippen LogP contribution in [0.1, 0.15) is 26.7 Å². The normalized spacial score (nSPS) is 12.7. The summed E-state index contributed by atoms with van der Waals surface area (Å²) in [6.45, 7) is 5.64. The van der Waals surface area contributed by atoms with E-state index in [0.29, 0.717) is 0 Å². The first-order valence-electron chi connectivity index (χ1n) is 5.27. The summed E-state index contributed by atoms with van der Waals surface area (Å²) in [5.41, 5.74) is 0. The summed E-state index contributed by atoms with van der Waals surface area (Å²) in [6.07, 6.45) is 2.54. The highest BCUT2D eigenvalue weighted by molar-refractivity contribution is 7.97. The molecule has 0 aliphatic heterocycles. The molecule has 0 amide bonds. The Bertz CT molecular complexity index is 235. The molecule has 0 aliphatic carbocycles. The van der Waals surface area contributed by atoms with Crippen LogP contribution in [0.2, 0.25) is 0 Å². The van der Waals surface area contributed by atoms with Gasteiger partial charge in [-0.25, -0.2) is 0 Å². The molecule has 0 saturated heterocycles. The van der Waals surface area contributed by atoms with Crippen LogP contribution in [-0.2, 0) is 0 Å². The molecule has 78 valence electrons. The zero-order valence-corrected chi connectivity index (χ0v) is 9.81. The third-order valence-electron chi connectivity index (χ3n) is 2.37. The molecule has 14 heavy (non-hydrogen) atoms. The Morgan fingerprint density at radius 1 is 1.29 bits per heavy atom. The van der Waals surface area contributed by atoms with E-state index < -0.39 is 0 Å². The fraction of sp³-hybridized carbons (Fsp3) is 0.500. The van der Waals surface area contributed by atoms with E-state index in [1.807, 2.05) is 6.07 Å². The van der Waals surface area contributed by atoms with Crippen molar-refractivity contribution in [2.75, 3.05) is 6.54 Å². The molecule has 0 saturated carbocycles. The molecule has 1 unspecified atom stereocenters.